The number of rotatable bonds is 5. The van der Waals surface area contributed by atoms with Gasteiger partial charge < -0.3 is 5.73 Å². The Balaban J connectivity index is 1.85. The maximum Gasteiger partial charge on any atom is 0.239 e. The minimum Gasteiger partial charge on any atom is -0.368 e. The third-order valence-corrected chi connectivity index (χ3v) is 4.56. The van der Waals surface area contributed by atoms with Crippen LogP contribution in [0.25, 0.3) is 0 Å². The number of nitrogens with two attached hydrogens (primary N) is 1. The van der Waals surface area contributed by atoms with Crippen LogP contribution in [-0.4, -0.2) is 38.2 Å². The second-order valence-corrected chi connectivity index (χ2v) is 6.28. The fourth-order valence-electron chi connectivity index (χ4n) is 3.49. The Morgan fingerprint density at radius 1 is 1.38 bits per heavy atom. The van der Waals surface area contributed by atoms with E-state index in [4.69, 9.17) is 5.73 Å². The highest BCUT2D eigenvalue weighted by Crippen LogP contribution is 2.30. The SMILES string of the molecule is Cc1nc(C)n(C[C@@H]2CCCN2[C@@H](C(N)=O)c2ccc(F)cc2)n1. The molecule has 1 fully saturated rings. The van der Waals surface area contributed by atoms with Gasteiger partial charge in [0.25, 0.3) is 0 Å². The lowest BCUT2D eigenvalue weighted by Gasteiger charge is -2.31. The van der Waals surface area contributed by atoms with E-state index in [2.05, 4.69) is 15.0 Å². The summed E-state index contributed by atoms with van der Waals surface area (Å²) in [5.41, 5.74) is 6.39. The molecule has 3 rings (SSSR count). The van der Waals surface area contributed by atoms with E-state index in [1.807, 2.05) is 18.5 Å². The number of primary amides is 1. The monoisotopic (exact) mass is 331 g/mol. The van der Waals surface area contributed by atoms with E-state index in [1.54, 1.807) is 12.1 Å². The quantitative estimate of drug-likeness (QED) is 0.905. The van der Waals surface area contributed by atoms with Crippen LogP contribution in [0.2, 0.25) is 0 Å². The zero-order valence-electron chi connectivity index (χ0n) is 13.9. The number of amides is 1. The Morgan fingerprint density at radius 3 is 2.67 bits per heavy atom. The summed E-state index contributed by atoms with van der Waals surface area (Å²) in [6, 6.07) is 5.58. The Labute approximate surface area is 140 Å². The third-order valence-electron chi connectivity index (χ3n) is 4.56. The summed E-state index contributed by atoms with van der Waals surface area (Å²) in [6.45, 7) is 5.23. The number of aromatic nitrogens is 3. The first-order valence-electron chi connectivity index (χ1n) is 8.14. The summed E-state index contributed by atoms with van der Waals surface area (Å²) < 4.78 is 15.1. The van der Waals surface area contributed by atoms with Gasteiger partial charge in [-0.3, -0.25) is 9.69 Å². The first-order valence-corrected chi connectivity index (χ1v) is 8.14. The van der Waals surface area contributed by atoms with E-state index in [-0.39, 0.29) is 11.9 Å². The smallest absolute Gasteiger partial charge is 0.239 e. The van der Waals surface area contributed by atoms with Crippen molar-refractivity contribution in [2.45, 2.75) is 45.3 Å². The van der Waals surface area contributed by atoms with Crippen molar-refractivity contribution < 1.29 is 9.18 Å². The standard InChI is InChI=1S/C17H22FN5O/c1-11-20-12(2)23(21-11)10-15-4-3-9-22(15)16(17(19)24)13-5-7-14(18)8-6-13/h5-8,15-16H,3-4,9-10H2,1-2H3,(H2,19,24)/t15-,16+/m0/s1. The van der Waals surface area contributed by atoms with Crippen LogP contribution in [0, 0.1) is 19.7 Å². The highest BCUT2D eigenvalue weighted by atomic mass is 19.1. The van der Waals surface area contributed by atoms with Crippen molar-refractivity contribution in [1.82, 2.24) is 19.7 Å². The number of likely N-dealkylation sites (tertiary alicyclic amines) is 1. The van der Waals surface area contributed by atoms with Gasteiger partial charge in [-0.1, -0.05) is 12.1 Å². The largest absolute Gasteiger partial charge is 0.368 e. The molecule has 1 aromatic carbocycles. The molecule has 1 aromatic heterocycles. The Kier molecular flexibility index (Phi) is 4.62. The molecule has 2 N–H and O–H groups in total. The highest BCUT2D eigenvalue weighted by Gasteiger charge is 2.35. The molecule has 6 nitrogen and oxygen atoms in total. The molecule has 0 radical (unpaired) electrons. The zero-order chi connectivity index (χ0) is 17.3. The number of nitrogens with zero attached hydrogens (tertiary/aromatic N) is 4. The second kappa shape index (κ2) is 6.68. The van der Waals surface area contributed by atoms with Gasteiger partial charge >= 0.3 is 0 Å². The average Bonchev–Trinajstić information content (AvgIpc) is 3.08. The van der Waals surface area contributed by atoms with Crippen molar-refractivity contribution >= 4 is 5.91 Å². The average molecular weight is 331 g/mol. The van der Waals surface area contributed by atoms with Crippen LogP contribution < -0.4 is 5.73 Å². The van der Waals surface area contributed by atoms with Crippen LogP contribution in [0.15, 0.2) is 24.3 Å². The van der Waals surface area contributed by atoms with Crippen molar-refractivity contribution in [1.29, 1.82) is 0 Å². The molecule has 1 aliphatic heterocycles. The van der Waals surface area contributed by atoms with Crippen molar-refractivity contribution in [3.8, 4) is 0 Å². The molecule has 0 bridgehead atoms. The number of benzene rings is 1. The van der Waals surface area contributed by atoms with Gasteiger partial charge in [-0.05, 0) is 50.9 Å². The van der Waals surface area contributed by atoms with Crippen molar-refractivity contribution in [3.05, 3.63) is 47.3 Å². The van der Waals surface area contributed by atoms with E-state index in [1.165, 1.54) is 12.1 Å². The predicted octanol–water partition coefficient (Wildman–Crippen LogP) is 1.73. The summed E-state index contributed by atoms with van der Waals surface area (Å²) >= 11 is 0. The number of hydrogen-bond acceptors (Lipinski definition) is 4. The number of halogens is 1. The Morgan fingerprint density at radius 2 is 2.08 bits per heavy atom. The second-order valence-electron chi connectivity index (χ2n) is 6.28. The topological polar surface area (TPSA) is 77.0 Å². The van der Waals surface area contributed by atoms with E-state index < -0.39 is 11.9 Å². The van der Waals surface area contributed by atoms with E-state index in [0.29, 0.717) is 6.54 Å². The van der Waals surface area contributed by atoms with Gasteiger partial charge in [0.2, 0.25) is 5.91 Å². The van der Waals surface area contributed by atoms with Crippen molar-refractivity contribution in [2.24, 2.45) is 5.73 Å². The fraction of sp³-hybridized carbons (Fsp3) is 0.471. The van der Waals surface area contributed by atoms with Gasteiger partial charge in [-0.2, -0.15) is 5.10 Å². The molecule has 1 amide bonds. The van der Waals surface area contributed by atoms with Gasteiger partial charge in [0.15, 0.2) is 0 Å². The molecule has 1 aliphatic rings. The summed E-state index contributed by atoms with van der Waals surface area (Å²) in [4.78, 5) is 18.5. The van der Waals surface area contributed by atoms with Gasteiger partial charge in [0.1, 0.15) is 23.5 Å². The van der Waals surface area contributed by atoms with Crippen LogP contribution in [-0.2, 0) is 11.3 Å². The summed E-state index contributed by atoms with van der Waals surface area (Å²) in [7, 11) is 0. The lowest BCUT2D eigenvalue weighted by molar-refractivity contribution is -0.124. The molecular formula is C17H22FN5O. The minimum absolute atomic E-state index is 0.146. The maximum absolute atomic E-state index is 13.2. The van der Waals surface area contributed by atoms with Crippen molar-refractivity contribution in [3.63, 3.8) is 0 Å². The molecule has 2 aromatic rings. The van der Waals surface area contributed by atoms with Gasteiger partial charge in [0, 0.05) is 6.04 Å². The molecule has 2 atom stereocenters. The lowest BCUT2D eigenvalue weighted by atomic mass is 10.0. The molecule has 7 heteroatoms. The van der Waals surface area contributed by atoms with E-state index in [0.717, 1.165) is 36.6 Å². The summed E-state index contributed by atoms with van der Waals surface area (Å²) in [5.74, 6) is 0.854. The molecule has 128 valence electrons. The molecular weight excluding hydrogens is 309 g/mol. The molecule has 0 spiro atoms. The lowest BCUT2D eigenvalue weighted by Crippen LogP contribution is -2.42. The van der Waals surface area contributed by atoms with Crippen LogP contribution in [0.1, 0.15) is 36.1 Å². The number of carbonyl (C=O) groups excluding carboxylic acids is 1. The minimum atomic E-state index is -0.553. The third kappa shape index (κ3) is 3.31. The molecule has 24 heavy (non-hydrogen) atoms. The van der Waals surface area contributed by atoms with Gasteiger partial charge in [0.05, 0.1) is 6.54 Å². The number of carbonyl (C=O) groups is 1. The molecule has 0 unspecified atom stereocenters. The van der Waals surface area contributed by atoms with E-state index >= 15 is 0 Å². The normalized spacial score (nSPS) is 19.5. The predicted molar refractivity (Wildman–Crippen MR) is 87.6 cm³/mol. The molecule has 1 saturated heterocycles. The number of aryl methyl sites for hydroxylation is 2. The Hall–Kier alpha value is -2.28. The zero-order valence-corrected chi connectivity index (χ0v) is 13.9. The van der Waals surface area contributed by atoms with Crippen LogP contribution >= 0.6 is 0 Å². The van der Waals surface area contributed by atoms with E-state index in [9.17, 15) is 9.18 Å². The van der Waals surface area contributed by atoms with Crippen LogP contribution in [0.4, 0.5) is 4.39 Å². The van der Waals surface area contributed by atoms with Gasteiger partial charge in [-0.15, -0.1) is 0 Å². The van der Waals surface area contributed by atoms with Crippen LogP contribution in [0.5, 0.6) is 0 Å². The highest BCUT2D eigenvalue weighted by molar-refractivity contribution is 5.81. The van der Waals surface area contributed by atoms with Gasteiger partial charge in [-0.25, -0.2) is 14.1 Å². The number of hydrogen-bond donors (Lipinski definition) is 1. The fourth-order valence-corrected chi connectivity index (χ4v) is 3.49. The first-order chi connectivity index (χ1) is 11.5. The molecule has 2 heterocycles. The van der Waals surface area contributed by atoms with Crippen LogP contribution in [0.3, 0.4) is 0 Å². The maximum atomic E-state index is 13.2. The molecule has 0 saturated carbocycles. The first kappa shape index (κ1) is 16.6. The van der Waals surface area contributed by atoms with Crippen molar-refractivity contribution in [2.75, 3.05) is 6.54 Å². The summed E-state index contributed by atoms with van der Waals surface area (Å²) in [5, 5.41) is 4.41. The molecule has 0 aliphatic carbocycles. The Bertz CT molecular complexity index is 727. The summed E-state index contributed by atoms with van der Waals surface area (Å²) in [6.07, 6.45) is 1.95.